The van der Waals surface area contributed by atoms with Crippen LogP contribution in [0.4, 0.5) is 0 Å². The monoisotopic (exact) mass is 280 g/mol. The molecular formula is C13H16N2OS2. The lowest BCUT2D eigenvalue weighted by Gasteiger charge is -2.08. The van der Waals surface area contributed by atoms with E-state index in [0.29, 0.717) is 6.54 Å². The first-order valence-electron chi connectivity index (χ1n) is 5.84. The second-order valence-corrected chi connectivity index (χ2v) is 6.20. The first kappa shape index (κ1) is 13.4. The number of rotatable bonds is 4. The van der Waals surface area contributed by atoms with Crippen LogP contribution < -0.4 is 5.56 Å². The molecule has 0 aliphatic carbocycles. The van der Waals surface area contributed by atoms with Gasteiger partial charge in [-0.05, 0) is 26.3 Å². The molecule has 0 spiro atoms. The predicted molar refractivity (Wildman–Crippen MR) is 79.9 cm³/mol. The summed E-state index contributed by atoms with van der Waals surface area (Å²) < 4.78 is 1.75. The molecular weight excluding hydrogens is 264 g/mol. The largest absolute Gasteiger partial charge is 0.287 e. The minimum atomic E-state index is 0.0795. The van der Waals surface area contributed by atoms with Gasteiger partial charge in [-0.3, -0.25) is 9.36 Å². The Bertz CT molecular complexity index is 655. The highest BCUT2D eigenvalue weighted by atomic mass is 32.2. The SMILES string of the molecule is C=CCSc1nc2sc(C)c(C)c2c(=O)n1CC. The lowest BCUT2D eigenvalue weighted by atomic mass is 10.2. The van der Waals surface area contributed by atoms with Gasteiger partial charge in [0.25, 0.3) is 5.56 Å². The molecule has 3 nitrogen and oxygen atoms in total. The molecule has 0 aromatic carbocycles. The van der Waals surface area contributed by atoms with E-state index in [0.717, 1.165) is 26.7 Å². The van der Waals surface area contributed by atoms with Crippen LogP contribution >= 0.6 is 23.1 Å². The molecule has 2 aromatic heterocycles. The molecule has 0 saturated carbocycles. The summed E-state index contributed by atoms with van der Waals surface area (Å²) >= 11 is 3.15. The van der Waals surface area contributed by atoms with Gasteiger partial charge >= 0.3 is 0 Å². The molecule has 96 valence electrons. The lowest BCUT2D eigenvalue weighted by molar-refractivity contribution is 0.635. The molecule has 0 saturated heterocycles. The van der Waals surface area contributed by atoms with Gasteiger partial charge in [0.15, 0.2) is 5.16 Å². The number of thioether (sulfide) groups is 1. The van der Waals surface area contributed by atoms with E-state index in [4.69, 9.17) is 0 Å². The summed E-state index contributed by atoms with van der Waals surface area (Å²) in [6, 6.07) is 0. The van der Waals surface area contributed by atoms with Crippen LogP contribution in [0.2, 0.25) is 0 Å². The van der Waals surface area contributed by atoms with Crippen molar-refractivity contribution in [3.63, 3.8) is 0 Å². The van der Waals surface area contributed by atoms with Crippen LogP contribution in [0.1, 0.15) is 17.4 Å². The summed E-state index contributed by atoms with van der Waals surface area (Å²) in [6.45, 7) is 10.4. The van der Waals surface area contributed by atoms with Crippen molar-refractivity contribution in [2.75, 3.05) is 5.75 Å². The van der Waals surface area contributed by atoms with Crippen molar-refractivity contribution in [3.8, 4) is 0 Å². The Morgan fingerprint density at radius 3 is 2.83 bits per heavy atom. The zero-order valence-corrected chi connectivity index (χ0v) is 12.5. The Morgan fingerprint density at radius 1 is 1.50 bits per heavy atom. The number of nitrogens with zero attached hydrogens (tertiary/aromatic N) is 2. The molecule has 2 aromatic rings. The highest BCUT2D eigenvalue weighted by Gasteiger charge is 2.15. The van der Waals surface area contributed by atoms with Crippen LogP contribution in [0.3, 0.4) is 0 Å². The molecule has 0 radical (unpaired) electrons. The summed E-state index contributed by atoms with van der Waals surface area (Å²) in [5, 5.41) is 1.57. The van der Waals surface area contributed by atoms with Crippen LogP contribution in [0.15, 0.2) is 22.6 Å². The Morgan fingerprint density at radius 2 is 2.22 bits per heavy atom. The summed E-state index contributed by atoms with van der Waals surface area (Å²) in [5.74, 6) is 0.765. The van der Waals surface area contributed by atoms with Gasteiger partial charge < -0.3 is 0 Å². The average molecular weight is 280 g/mol. The summed E-state index contributed by atoms with van der Waals surface area (Å²) in [4.78, 5) is 19.1. The van der Waals surface area contributed by atoms with Crippen molar-refractivity contribution in [1.29, 1.82) is 0 Å². The molecule has 0 aliphatic rings. The summed E-state index contributed by atoms with van der Waals surface area (Å²) in [5.41, 5.74) is 1.14. The van der Waals surface area contributed by atoms with Gasteiger partial charge in [0.1, 0.15) is 4.83 Å². The van der Waals surface area contributed by atoms with Gasteiger partial charge in [-0.2, -0.15) is 0 Å². The Balaban J connectivity index is 2.73. The van der Waals surface area contributed by atoms with Crippen molar-refractivity contribution >= 4 is 33.3 Å². The second-order valence-electron chi connectivity index (χ2n) is 4.01. The maximum Gasteiger partial charge on any atom is 0.263 e. The van der Waals surface area contributed by atoms with E-state index in [1.54, 1.807) is 27.7 Å². The smallest absolute Gasteiger partial charge is 0.263 e. The predicted octanol–water partition coefficient (Wildman–Crippen LogP) is 3.37. The Kier molecular flexibility index (Phi) is 3.92. The third-order valence-electron chi connectivity index (χ3n) is 2.90. The number of aromatic nitrogens is 2. The van der Waals surface area contributed by atoms with E-state index in [1.165, 1.54) is 4.88 Å². The van der Waals surface area contributed by atoms with Crippen molar-refractivity contribution in [1.82, 2.24) is 9.55 Å². The topological polar surface area (TPSA) is 34.9 Å². The molecule has 2 heterocycles. The molecule has 0 aliphatic heterocycles. The number of fused-ring (bicyclic) bond motifs is 1. The second kappa shape index (κ2) is 5.28. The fourth-order valence-corrected chi connectivity index (χ4v) is 3.70. The van der Waals surface area contributed by atoms with Crippen LogP contribution in [0.25, 0.3) is 10.2 Å². The van der Waals surface area contributed by atoms with E-state index in [-0.39, 0.29) is 5.56 Å². The highest BCUT2D eigenvalue weighted by molar-refractivity contribution is 7.99. The number of hydrogen-bond acceptors (Lipinski definition) is 4. The molecule has 0 amide bonds. The van der Waals surface area contributed by atoms with Gasteiger partial charge in [-0.15, -0.1) is 17.9 Å². The Labute approximate surface area is 115 Å². The van der Waals surface area contributed by atoms with Crippen LogP contribution in [0.5, 0.6) is 0 Å². The molecule has 0 bridgehead atoms. The zero-order valence-electron chi connectivity index (χ0n) is 10.8. The van der Waals surface area contributed by atoms with Crippen molar-refractivity contribution in [2.45, 2.75) is 32.5 Å². The number of thiophene rings is 1. The molecule has 0 fully saturated rings. The van der Waals surface area contributed by atoms with Crippen LogP contribution in [-0.4, -0.2) is 15.3 Å². The van der Waals surface area contributed by atoms with E-state index in [2.05, 4.69) is 11.6 Å². The van der Waals surface area contributed by atoms with Gasteiger partial charge in [-0.1, -0.05) is 17.8 Å². The first-order chi connectivity index (χ1) is 8.60. The standard InChI is InChI=1S/C13H16N2OS2/c1-5-7-17-13-14-11-10(8(3)9(4)18-11)12(16)15(13)6-2/h5H,1,6-7H2,2-4H3. The maximum absolute atomic E-state index is 12.5. The first-order valence-corrected chi connectivity index (χ1v) is 7.64. The average Bonchev–Trinajstić information content (AvgIpc) is 2.63. The fourth-order valence-electron chi connectivity index (χ4n) is 1.83. The zero-order chi connectivity index (χ0) is 13.3. The minimum absolute atomic E-state index is 0.0795. The van der Waals surface area contributed by atoms with E-state index in [1.807, 2.05) is 26.8 Å². The van der Waals surface area contributed by atoms with Gasteiger partial charge in [0.2, 0.25) is 0 Å². The molecule has 0 atom stereocenters. The van der Waals surface area contributed by atoms with Crippen molar-refractivity contribution < 1.29 is 0 Å². The van der Waals surface area contributed by atoms with Crippen LogP contribution in [-0.2, 0) is 6.54 Å². The normalized spacial score (nSPS) is 11.1. The van der Waals surface area contributed by atoms with E-state index in [9.17, 15) is 4.79 Å². The van der Waals surface area contributed by atoms with Gasteiger partial charge in [0.05, 0.1) is 5.39 Å². The maximum atomic E-state index is 12.5. The number of aryl methyl sites for hydroxylation is 2. The highest BCUT2D eigenvalue weighted by Crippen LogP contribution is 2.28. The van der Waals surface area contributed by atoms with E-state index < -0.39 is 0 Å². The van der Waals surface area contributed by atoms with Gasteiger partial charge in [0, 0.05) is 17.2 Å². The molecule has 0 N–H and O–H groups in total. The molecule has 0 unspecified atom stereocenters. The fraction of sp³-hybridized carbons (Fsp3) is 0.385. The summed E-state index contributed by atoms with van der Waals surface area (Å²) in [7, 11) is 0. The molecule has 5 heteroatoms. The van der Waals surface area contributed by atoms with Crippen molar-refractivity contribution in [3.05, 3.63) is 33.4 Å². The lowest BCUT2D eigenvalue weighted by Crippen LogP contribution is -2.22. The quantitative estimate of drug-likeness (QED) is 0.489. The number of hydrogen-bond donors (Lipinski definition) is 0. The van der Waals surface area contributed by atoms with Crippen molar-refractivity contribution in [2.24, 2.45) is 0 Å². The molecule has 2 rings (SSSR count). The third-order valence-corrected chi connectivity index (χ3v) is 4.97. The van der Waals surface area contributed by atoms with Gasteiger partial charge in [-0.25, -0.2) is 4.98 Å². The third kappa shape index (κ3) is 2.12. The summed E-state index contributed by atoms with van der Waals surface area (Å²) in [6.07, 6.45) is 1.83. The molecule has 18 heavy (non-hydrogen) atoms. The minimum Gasteiger partial charge on any atom is -0.287 e. The van der Waals surface area contributed by atoms with Crippen LogP contribution in [0, 0.1) is 13.8 Å². The van der Waals surface area contributed by atoms with E-state index >= 15 is 0 Å². The Hall–Kier alpha value is -1.07.